The second-order valence-electron chi connectivity index (χ2n) is 3.64. The lowest BCUT2D eigenvalue weighted by molar-refractivity contribution is -0.0979. The van der Waals surface area contributed by atoms with Gasteiger partial charge in [0.05, 0.1) is 0 Å². The molecule has 0 spiro atoms. The Morgan fingerprint density at radius 2 is 1.57 bits per heavy atom. The second kappa shape index (κ2) is 27.5. The summed E-state index contributed by atoms with van der Waals surface area (Å²) in [6.07, 6.45) is 2.44. The van der Waals surface area contributed by atoms with Crippen LogP contribution in [0.2, 0.25) is 0 Å². The molecular weight excluding hydrogens is 278 g/mol. The molecule has 0 fully saturated rings. The molecule has 0 bridgehead atoms. The van der Waals surface area contributed by atoms with Crippen LogP contribution in [-0.2, 0) is 11.2 Å². The summed E-state index contributed by atoms with van der Waals surface area (Å²) in [5.41, 5.74) is 7.10. The fourth-order valence-electron chi connectivity index (χ4n) is 1.29. The molecule has 2 nitrogen and oxygen atoms in total. The highest BCUT2D eigenvalue weighted by molar-refractivity contribution is 7.99. The number of thioether (sulfide) groups is 1. The largest absolute Gasteiger partial charge is 0.327 e. The lowest BCUT2D eigenvalue weighted by atomic mass is 10.1. The van der Waals surface area contributed by atoms with E-state index in [0.29, 0.717) is 6.04 Å². The van der Waals surface area contributed by atoms with Crippen LogP contribution in [0.3, 0.4) is 0 Å². The van der Waals surface area contributed by atoms with E-state index in [2.05, 4.69) is 37.3 Å². The topological polar surface area (TPSA) is 43.1 Å². The summed E-state index contributed by atoms with van der Waals surface area (Å²) in [4.78, 5) is 8.00. The zero-order chi connectivity index (χ0) is 16.2. The zero-order valence-corrected chi connectivity index (χ0v) is 14.7. The van der Waals surface area contributed by atoms with E-state index < -0.39 is 0 Å². The summed E-state index contributed by atoms with van der Waals surface area (Å²) in [5.74, 6) is 2.30. The number of rotatable bonds is 6. The number of hydrogen-bond donors (Lipinski definition) is 1. The van der Waals surface area contributed by atoms with Gasteiger partial charge < -0.3 is 10.5 Å². The van der Waals surface area contributed by atoms with E-state index in [1.165, 1.54) is 24.2 Å². The van der Waals surface area contributed by atoms with Crippen LogP contribution in [0.1, 0.15) is 54.0 Å². The number of carbonyl (C=O) groups excluding carboxylic acids is 1. The summed E-state index contributed by atoms with van der Waals surface area (Å²) in [6, 6.07) is 11.0. The molecule has 0 aromatic heterocycles. The quantitative estimate of drug-likeness (QED) is 0.733. The summed E-state index contributed by atoms with van der Waals surface area (Å²) in [6.45, 7) is 12.1. The van der Waals surface area contributed by atoms with Crippen LogP contribution >= 0.6 is 11.8 Å². The molecule has 0 aliphatic heterocycles. The third-order valence-electron chi connectivity index (χ3n) is 1.98. The fourth-order valence-corrected chi connectivity index (χ4v) is 2.18. The van der Waals surface area contributed by atoms with Crippen molar-refractivity contribution in [2.75, 3.05) is 11.5 Å². The number of aryl methyl sites for hydroxylation is 1. The van der Waals surface area contributed by atoms with Crippen LogP contribution in [0.5, 0.6) is 0 Å². The normalized spacial score (nSPS) is 9.24. The van der Waals surface area contributed by atoms with Gasteiger partial charge in [0.2, 0.25) is 0 Å². The van der Waals surface area contributed by atoms with Gasteiger partial charge in [-0.3, -0.25) is 0 Å². The predicted molar refractivity (Wildman–Crippen MR) is 102 cm³/mol. The Bertz CT molecular complexity index is 253. The van der Waals surface area contributed by atoms with E-state index in [0.717, 1.165) is 5.75 Å². The third-order valence-corrected chi connectivity index (χ3v) is 3.32. The minimum Gasteiger partial charge on any atom is -0.327 e. The van der Waals surface area contributed by atoms with E-state index in [4.69, 9.17) is 10.5 Å². The second-order valence-corrected chi connectivity index (χ2v) is 4.79. The van der Waals surface area contributed by atoms with Crippen molar-refractivity contribution in [2.24, 2.45) is 5.73 Å². The maximum atomic E-state index is 8.00. The van der Waals surface area contributed by atoms with Crippen molar-refractivity contribution >= 4 is 18.6 Å². The summed E-state index contributed by atoms with van der Waals surface area (Å²) >= 11 is 1.96. The maximum absolute atomic E-state index is 8.00. The minimum absolute atomic E-state index is 0. The molecule has 0 amide bonds. The average Bonchev–Trinajstić information content (AvgIpc) is 2.54. The van der Waals surface area contributed by atoms with Gasteiger partial charge in [-0.25, -0.2) is 0 Å². The Balaban J connectivity index is -0.000000183. The van der Waals surface area contributed by atoms with Crippen LogP contribution in [0.15, 0.2) is 30.3 Å². The van der Waals surface area contributed by atoms with Crippen molar-refractivity contribution < 1.29 is 4.79 Å². The predicted octanol–water partition coefficient (Wildman–Crippen LogP) is 5.20. The molecule has 0 aliphatic carbocycles. The molecule has 1 atom stereocenters. The van der Waals surface area contributed by atoms with Gasteiger partial charge in [-0.15, -0.1) is 0 Å². The molecule has 0 heterocycles. The van der Waals surface area contributed by atoms with Crippen molar-refractivity contribution in [3.63, 3.8) is 0 Å². The molecular formula is C18H37NOS. The third kappa shape index (κ3) is 24.6. The molecule has 1 rings (SSSR count). The average molecular weight is 316 g/mol. The molecule has 3 heteroatoms. The summed E-state index contributed by atoms with van der Waals surface area (Å²) in [7, 11) is 0. The molecule has 0 saturated heterocycles. The summed E-state index contributed by atoms with van der Waals surface area (Å²) < 4.78 is 0. The van der Waals surface area contributed by atoms with E-state index >= 15 is 0 Å². The Morgan fingerprint density at radius 3 is 2.00 bits per heavy atom. The van der Waals surface area contributed by atoms with E-state index in [1.807, 2.05) is 46.2 Å². The highest BCUT2D eigenvalue weighted by atomic mass is 32.2. The van der Waals surface area contributed by atoms with Crippen molar-refractivity contribution in [1.29, 1.82) is 0 Å². The zero-order valence-electron chi connectivity index (χ0n) is 13.9. The number of benzene rings is 1. The lowest BCUT2D eigenvalue weighted by Crippen LogP contribution is -2.17. The van der Waals surface area contributed by atoms with E-state index in [1.54, 1.807) is 0 Å². The van der Waals surface area contributed by atoms with E-state index in [-0.39, 0.29) is 7.43 Å². The first-order valence-corrected chi connectivity index (χ1v) is 8.60. The first kappa shape index (κ1) is 28.4. The standard InChI is InChI=1S/C12H19NS.2C2H6.CH2O.CH4/c1-11(13)10-14-9-5-8-12-6-3-2-4-7-12;3*1-2;/h2-4,6-7,11H,5,8-10,13H2,1H3;2*1-2H3;1H2;1H4. The Hall–Kier alpha value is -0.800. The smallest absolute Gasteiger partial charge is 0.106 e. The molecule has 2 N–H and O–H groups in total. The van der Waals surface area contributed by atoms with Gasteiger partial charge in [-0.1, -0.05) is 65.5 Å². The van der Waals surface area contributed by atoms with Crippen molar-refractivity contribution in [3.8, 4) is 0 Å². The highest BCUT2D eigenvalue weighted by Crippen LogP contribution is 2.08. The van der Waals surface area contributed by atoms with Crippen LogP contribution in [0.25, 0.3) is 0 Å². The maximum Gasteiger partial charge on any atom is 0.106 e. The number of carbonyl (C=O) groups is 1. The number of nitrogens with two attached hydrogens (primary N) is 1. The Labute approximate surface area is 137 Å². The molecule has 0 saturated carbocycles. The van der Waals surface area contributed by atoms with Gasteiger partial charge in [0, 0.05) is 11.8 Å². The van der Waals surface area contributed by atoms with Gasteiger partial charge in [0.25, 0.3) is 0 Å². The van der Waals surface area contributed by atoms with Crippen molar-refractivity contribution in [3.05, 3.63) is 35.9 Å². The van der Waals surface area contributed by atoms with Gasteiger partial charge in [-0.05, 0) is 31.1 Å². The minimum atomic E-state index is 0. The Morgan fingerprint density at radius 1 is 1.10 bits per heavy atom. The molecule has 1 aromatic rings. The van der Waals surface area contributed by atoms with Gasteiger partial charge >= 0.3 is 0 Å². The summed E-state index contributed by atoms with van der Waals surface area (Å²) in [5, 5.41) is 0. The molecule has 1 unspecified atom stereocenters. The van der Waals surface area contributed by atoms with Crippen molar-refractivity contribution in [2.45, 2.75) is 60.9 Å². The Kier molecular flexibility index (Phi) is 37.2. The molecule has 1 aromatic carbocycles. The highest BCUT2D eigenvalue weighted by Gasteiger charge is 1.95. The molecule has 21 heavy (non-hydrogen) atoms. The van der Waals surface area contributed by atoms with Crippen LogP contribution in [-0.4, -0.2) is 24.3 Å². The van der Waals surface area contributed by atoms with Crippen LogP contribution in [0.4, 0.5) is 0 Å². The fraction of sp³-hybridized carbons (Fsp3) is 0.611. The lowest BCUT2D eigenvalue weighted by Gasteiger charge is -2.04. The van der Waals surface area contributed by atoms with Gasteiger partial charge in [-0.2, -0.15) is 11.8 Å². The van der Waals surface area contributed by atoms with Crippen LogP contribution < -0.4 is 5.73 Å². The van der Waals surface area contributed by atoms with Crippen LogP contribution in [0, 0.1) is 0 Å². The number of hydrogen-bond acceptors (Lipinski definition) is 3. The van der Waals surface area contributed by atoms with E-state index in [9.17, 15) is 0 Å². The first-order chi connectivity index (χ1) is 9.79. The van der Waals surface area contributed by atoms with Gasteiger partial charge in [0.15, 0.2) is 0 Å². The SMILES string of the molecule is C.C=O.CC.CC.CC(N)CSCCCc1ccccc1. The monoisotopic (exact) mass is 315 g/mol. The first-order valence-electron chi connectivity index (χ1n) is 7.45. The molecule has 0 aliphatic rings. The molecule has 126 valence electrons. The van der Waals surface area contributed by atoms with Crippen molar-refractivity contribution in [1.82, 2.24) is 0 Å². The molecule has 0 radical (unpaired) electrons. The van der Waals surface area contributed by atoms with Gasteiger partial charge in [0.1, 0.15) is 6.79 Å².